The number of nitrogens with two attached hydrogens (primary N) is 1. The zero-order valence-electron chi connectivity index (χ0n) is 13.0. The average molecular weight is 296 g/mol. The van der Waals surface area contributed by atoms with Crippen LogP contribution >= 0.6 is 0 Å². The lowest BCUT2D eigenvalue weighted by Crippen LogP contribution is -2.52. The molecule has 4 N–H and O–H groups in total. The Morgan fingerprint density at radius 2 is 2.10 bits per heavy atom. The highest BCUT2D eigenvalue weighted by atomic mass is 16.4. The molecule has 0 aromatic rings. The van der Waals surface area contributed by atoms with Gasteiger partial charge in [-0.2, -0.15) is 0 Å². The van der Waals surface area contributed by atoms with Gasteiger partial charge in [0.25, 0.3) is 0 Å². The molecule has 1 unspecified atom stereocenters. The lowest BCUT2D eigenvalue weighted by Gasteiger charge is -2.35. The third-order valence-corrected chi connectivity index (χ3v) is 5.01. The van der Waals surface area contributed by atoms with Gasteiger partial charge in [-0.3, -0.25) is 4.79 Å². The fourth-order valence-corrected chi connectivity index (χ4v) is 3.70. The second-order valence-electron chi connectivity index (χ2n) is 6.61. The maximum atomic E-state index is 12.6. The van der Waals surface area contributed by atoms with E-state index in [1.165, 1.54) is 6.42 Å². The zero-order chi connectivity index (χ0) is 15.3. The van der Waals surface area contributed by atoms with Crippen molar-refractivity contribution in [2.45, 2.75) is 44.9 Å². The molecule has 0 bridgehead atoms. The Kier molecular flexibility index (Phi) is 5.45. The van der Waals surface area contributed by atoms with E-state index in [1.54, 1.807) is 0 Å². The predicted molar refractivity (Wildman–Crippen MR) is 82.2 cm³/mol. The van der Waals surface area contributed by atoms with Crippen LogP contribution in [0, 0.1) is 11.3 Å². The zero-order valence-corrected chi connectivity index (χ0v) is 13.0. The normalized spacial score (nSPS) is 27.3. The standard InChI is InChI=1S/C15H28N4O2/c1-19-9-5-6-12(11-19)10-17-14(20)15(13(16)18-21)7-3-2-4-8-15/h12,21H,2-11H2,1H3,(H2,16,18)(H,17,20). The van der Waals surface area contributed by atoms with E-state index in [9.17, 15) is 4.79 Å². The van der Waals surface area contributed by atoms with Crippen LogP contribution in [0.25, 0.3) is 0 Å². The minimum absolute atomic E-state index is 0.0641. The summed E-state index contributed by atoms with van der Waals surface area (Å²) in [7, 11) is 2.12. The molecule has 2 rings (SSSR count). The monoisotopic (exact) mass is 296 g/mol. The Hall–Kier alpha value is -1.30. The van der Waals surface area contributed by atoms with E-state index >= 15 is 0 Å². The number of piperidine rings is 1. The molecule has 1 aliphatic carbocycles. The Labute approximate surface area is 126 Å². The molecular weight excluding hydrogens is 268 g/mol. The Morgan fingerprint density at radius 3 is 2.71 bits per heavy atom. The molecule has 0 radical (unpaired) electrons. The molecule has 0 aromatic carbocycles. The van der Waals surface area contributed by atoms with Gasteiger partial charge in [0.2, 0.25) is 5.91 Å². The topological polar surface area (TPSA) is 91.0 Å². The van der Waals surface area contributed by atoms with Gasteiger partial charge < -0.3 is 21.2 Å². The molecule has 0 spiro atoms. The third kappa shape index (κ3) is 3.67. The fraction of sp³-hybridized carbons (Fsp3) is 0.867. The van der Waals surface area contributed by atoms with Gasteiger partial charge in [0, 0.05) is 13.1 Å². The van der Waals surface area contributed by atoms with Gasteiger partial charge in [0.05, 0.1) is 0 Å². The number of hydrogen-bond acceptors (Lipinski definition) is 4. The quantitative estimate of drug-likeness (QED) is 0.314. The molecule has 1 amide bonds. The van der Waals surface area contributed by atoms with Crippen molar-refractivity contribution in [2.75, 3.05) is 26.7 Å². The molecule has 6 heteroatoms. The number of nitrogens with zero attached hydrogens (tertiary/aromatic N) is 2. The van der Waals surface area contributed by atoms with E-state index in [0.717, 1.165) is 38.8 Å². The minimum Gasteiger partial charge on any atom is -0.409 e. The van der Waals surface area contributed by atoms with Gasteiger partial charge in [-0.05, 0) is 45.2 Å². The van der Waals surface area contributed by atoms with E-state index in [2.05, 4.69) is 22.4 Å². The van der Waals surface area contributed by atoms with Crippen LogP contribution in [-0.4, -0.2) is 48.5 Å². The Balaban J connectivity index is 1.95. The second kappa shape index (κ2) is 7.11. The number of hydrogen-bond donors (Lipinski definition) is 3. The number of oxime groups is 1. The number of rotatable bonds is 4. The molecule has 0 aromatic heterocycles. The van der Waals surface area contributed by atoms with Gasteiger partial charge in [0.1, 0.15) is 5.41 Å². The van der Waals surface area contributed by atoms with Crippen LogP contribution in [0.15, 0.2) is 5.16 Å². The highest BCUT2D eigenvalue weighted by Crippen LogP contribution is 2.37. The van der Waals surface area contributed by atoms with Crippen molar-refractivity contribution >= 4 is 11.7 Å². The SMILES string of the molecule is CN1CCCC(CNC(=O)C2(C(N)=NO)CCCCC2)C1. The summed E-state index contributed by atoms with van der Waals surface area (Å²) in [6.45, 7) is 2.85. The lowest BCUT2D eigenvalue weighted by molar-refractivity contribution is -0.129. The molecule has 2 aliphatic rings. The van der Waals surface area contributed by atoms with Crippen LogP contribution < -0.4 is 11.1 Å². The summed E-state index contributed by atoms with van der Waals surface area (Å²) < 4.78 is 0. The van der Waals surface area contributed by atoms with Crippen molar-refractivity contribution in [1.82, 2.24) is 10.2 Å². The molecule has 1 saturated heterocycles. The molecule has 1 atom stereocenters. The maximum Gasteiger partial charge on any atom is 0.233 e. The summed E-state index contributed by atoms with van der Waals surface area (Å²) in [5.41, 5.74) is 5.05. The molecule has 1 saturated carbocycles. The van der Waals surface area contributed by atoms with Crippen LogP contribution in [-0.2, 0) is 4.79 Å². The van der Waals surface area contributed by atoms with E-state index in [4.69, 9.17) is 10.9 Å². The summed E-state index contributed by atoms with van der Waals surface area (Å²) in [6, 6.07) is 0. The number of carbonyl (C=O) groups is 1. The van der Waals surface area contributed by atoms with Crippen molar-refractivity contribution < 1.29 is 10.0 Å². The Morgan fingerprint density at radius 1 is 1.38 bits per heavy atom. The first-order valence-electron chi connectivity index (χ1n) is 8.03. The maximum absolute atomic E-state index is 12.6. The van der Waals surface area contributed by atoms with E-state index in [-0.39, 0.29) is 11.7 Å². The van der Waals surface area contributed by atoms with Crippen molar-refractivity contribution in [3.63, 3.8) is 0 Å². The highest BCUT2D eigenvalue weighted by molar-refractivity contribution is 6.06. The summed E-state index contributed by atoms with van der Waals surface area (Å²) in [4.78, 5) is 15.0. The number of amides is 1. The molecule has 1 aliphatic heterocycles. The first-order chi connectivity index (χ1) is 10.1. The first-order valence-corrected chi connectivity index (χ1v) is 8.03. The fourth-order valence-electron chi connectivity index (χ4n) is 3.70. The van der Waals surface area contributed by atoms with E-state index < -0.39 is 5.41 Å². The van der Waals surface area contributed by atoms with E-state index in [1.807, 2.05) is 0 Å². The van der Waals surface area contributed by atoms with Gasteiger partial charge in [-0.15, -0.1) is 0 Å². The number of carbonyl (C=O) groups excluding carboxylic acids is 1. The summed E-state index contributed by atoms with van der Waals surface area (Å²) in [5, 5.41) is 15.2. The van der Waals surface area contributed by atoms with Crippen LogP contribution in [0.4, 0.5) is 0 Å². The molecule has 120 valence electrons. The van der Waals surface area contributed by atoms with Crippen molar-refractivity contribution in [3.8, 4) is 0 Å². The number of amidine groups is 1. The van der Waals surface area contributed by atoms with Gasteiger partial charge in [0.15, 0.2) is 5.84 Å². The van der Waals surface area contributed by atoms with Crippen LogP contribution in [0.1, 0.15) is 44.9 Å². The van der Waals surface area contributed by atoms with Crippen molar-refractivity contribution in [3.05, 3.63) is 0 Å². The largest absolute Gasteiger partial charge is 0.409 e. The Bertz CT molecular complexity index is 391. The highest BCUT2D eigenvalue weighted by Gasteiger charge is 2.43. The summed E-state index contributed by atoms with van der Waals surface area (Å²) in [6.07, 6.45) is 6.72. The lowest BCUT2D eigenvalue weighted by atomic mass is 9.72. The molecule has 2 fully saturated rings. The smallest absolute Gasteiger partial charge is 0.233 e. The van der Waals surface area contributed by atoms with E-state index in [0.29, 0.717) is 25.3 Å². The van der Waals surface area contributed by atoms with Gasteiger partial charge >= 0.3 is 0 Å². The first kappa shape index (κ1) is 16.1. The van der Waals surface area contributed by atoms with Crippen LogP contribution in [0.2, 0.25) is 0 Å². The summed E-state index contributed by atoms with van der Waals surface area (Å²) in [5.74, 6) is 0.506. The van der Waals surface area contributed by atoms with Gasteiger partial charge in [-0.1, -0.05) is 24.4 Å². The minimum atomic E-state index is -0.798. The van der Waals surface area contributed by atoms with Crippen molar-refractivity contribution in [2.24, 2.45) is 22.2 Å². The van der Waals surface area contributed by atoms with Gasteiger partial charge in [-0.25, -0.2) is 0 Å². The number of likely N-dealkylation sites (tertiary alicyclic amines) is 1. The average Bonchev–Trinajstić information content (AvgIpc) is 2.52. The summed E-state index contributed by atoms with van der Waals surface area (Å²) >= 11 is 0. The molecule has 6 nitrogen and oxygen atoms in total. The van der Waals surface area contributed by atoms with Crippen LogP contribution in [0.3, 0.4) is 0 Å². The predicted octanol–water partition coefficient (Wildman–Crippen LogP) is 1.14. The van der Waals surface area contributed by atoms with Crippen LogP contribution in [0.5, 0.6) is 0 Å². The molecule has 1 heterocycles. The third-order valence-electron chi connectivity index (χ3n) is 5.01. The number of nitrogens with one attached hydrogen (secondary N) is 1. The van der Waals surface area contributed by atoms with Crippen molar-refractivity contribution in [1.29, 1.82) is 0 Å². The second-order valence-corrected chi connectivity index (χ2v) is 6.61. The molecular formula is C15H28N4O2. The molecule has 21 heavy (non-hydrogen) atoms.